The average Bonchev–Trinajstić information content (AvgIpc) is 2.48. The van der Waals surface area contributed by atoms with Gasteiger partial charge in [-0.05, 0) is 24.3 Å². The lowest BCUT2D eigenvalue weighted by Crippen LogP contribution is -2.41. The SMILES string of the molecule is CCC1CCCCC1NC(COC)c1ccccc1. The van der Waals surface area contributed by atoms with Gasteiger partial charge in [0.25, 0.3) is 0 Å². The first kappa shape index (κ1) is 14.5. The number of rotatable bonds is 6. The molecular formula is C17H27NO. The van der Waals surface area contributed by atoms with E-state index >= 15 is 0 Å². The van der Waals surface area contributed by atoms with Crippen molar-refractivity contribution in [3.8, 4) is 0 Å². The second-order valence-corrected chi connectivity index (χ2v) is 5.64. The van der Waals surface area contributed by atoms with E-state index < -0.39 is 0 Å². The molecule has 1 aliphatic rings. The van der Waals surface area contributed by atoms with Crippen molar-refractivity contribution < 1.29 is 4.74 Å². The predicted molar refractivity (Wildman–Crippen MR) is 80.2 cm³/mol. The second kappa shape index (κ2) is 7.66. The van der Waals surface area contributed by atoms with E-state index in [2.05, 4.69) is 42.6 Å². The number of ether oxygens (including phenoxy) is 1. The normalized spacial score (nSPS) is 25.2. The third-order valence-electron chi connectivity index (χ3n) is 4.38. The van der Waals surface area contributed by atoms with E-state index in [0.29, 0.717) is 12.1 Å². The van der Waals surface area contributed by atoms with Crippen LogP contribution in [-0.4, -0.2) is 19.8 Å². The number of methoxy groups -OCH3 is 1. The fraction of sp³-hybridized carbons (Fsp3) is 0.647. The van der Waals surface area contributed by atoms with E-state index in [1.54, 1.807) is 7.11 Å². The van der Waals surface area contributed by atoms with Crippen LogP contribution in [0.2, 0.25) is 0 Å². The molecule has 0 saturated heterocycles. The highest BCUT2D eigenvalue weighted by molar-refractivity contribution is 5.19. The number of hydrogen-bond donors (Lipinski definition) is 1. The Kier molecular flexibility index (Phi) is 5.87. The van der Waals surface area contributed by atoms with Crippen molar-refractivity contribution >= 4 is 0 Å². The maximum Gasteiger partial charge on any atom is 0.0657 e. The van der Waals surface area contributed by atoms with E-state index in [9.17, 15) is 0 Å². The first-order chi connectivity index (χ1) is 9.35. The predicted octanol–water partition coefficient (Wildman–Crippen LogP) is 3.93. The molecule has 0 spiro atoms. The molecule has 1 aromatic rings. The molecule has 1 aliphatic carbocycles. The number of hydrogen-bond acceptors (Lipinski definition) is 2. The molecule has 1 saturated carbocycles. The molecule has 106 valence electrons. The van der Waals surface area contributed by atoms with Crippen LogP contribution >= 0.6 is 0 Å². The lowest BCUT2D eigenvalue weighted by Gasteiger charge is -2.35. The molecule has 0 heterocycles. The zero-order valence-electron chi connectivity index (χ0n) is 12.3. The first-order valence-electron chi connectivity index (χ1n) is 7.65. The minimum Gasteiger partial charge on any atom is -0.383 e. The van der Waals surface area contributed by atoms with Crippen molar-refractivity contribution in [2.24, 2.45) is 5.92 Å². The van der Waals surface area contributed by atoms with Gasteiger partial charge in [0.15, 0.2) is 0 Å². The van der Waals surface area contributed by atoms with E-state index in [-0.39, 0.29) is 0 Å². The molecule has 0 amide bonds. The summed E-state index contributed by atoms with van der Waals surface area (Å²) in [5.41, 5.74) is 1.34. The molecule has 0 radical (unpaired) electrons. The molecular weight excluding hydrogens is 234 g/mol. The molecule has 2 nitrogen and oxygen atoms in total. The fourth-order valence-electron chi connectivity index (χ4n) is 3.27. The minimum absolute atomic E-state index is 0.323. The van der Waals surface area contributed by atoms with Crippen molar-refractivity contribution in [2.45, 2.75) is 51.1 Å². The van der Waals surface area contributed by atoms with Crippen molar-refractivity contribution in [3.05, 3.63) is 35.9 Å². The zero-order valence-corrected chi connectivity index (χ0v) is 12.3. The van der Waals surface area contributed by atoms with Crippen LogP contribution in [0.5, 0.6) is 0 Å². The van der Waals surface area contributed by atoms with E-state index in [1.165, 1.54) is 37.7 Å². The molecule has 0 bridgehead atoms. The van der Waals surface area contributed by atoms with Crippen LogP contribution in [-0.2, 0) is 4.74 Å². The fourth-order valence-corrected chi connectivity index (χ4v) is 3.27. The molecule has 3 atom stereocenters. The van der Waals surface area contributed by atoms with Crippen LogP contribution in [0.15, 0.2) is 30.3 Å². The van der Waals surface area contributed by atoms with Gasteiger partial charge in [0.05, 0.1) is 12.6 Å². The van der Waals surface area contributed by atoms with E-state index in [4.69, 9.17) is 4.74 Å². The van der Waals surface area contributed by atoms with E-state index in [1.807, 2.05) is 0 Å². The van der Waals surface area contributed by atoms with Crippen molar-refractivity contribution in [3.63, 3.8) is 0 Å². The summed E-state index contributed by atoms with van der Waals surface area (Å²) in [5.74, 6) is 0.830. The Morgan fingerprint density at radius 3 is 2.63 bits per heavy atom. The number of benzene rings is 1. The summed E-state index contributed by atoms with van der Waals surface area (Å²) in [6.07, 6.45) is 6.74. The smallest absolute Gasteiger partial charge is 0.0657 e. The molecule has 2 rings (SSSR count). The van der Waals surface area contributed by atoms with Crippen LogP contribution in [0, 0.1) is 5.92 Å². The average molecular weight is 261 g/mol. The van der Waals surface area contributed by atoms with Crippen LogP contribution in [0.25, 0.3) is 0 Å². The summed E-state index contributed by atoms with van der Waals surface area (Å²) in [7, 11) is 1.79. The summed E-state index contributed by atoms with van der Waals surface area (Å²) >= 11 is 0. The summed E-state index contributed by atoms with van der Waals surface area (Å²) in [6.45, 7) is 3.06. The third-order valence-corrected chi connectivity index (χ3v) is 4.38. The van der Waals surface area contributed by atoms with Gasteiger partial charge in [0, 0.05) is 13.2 Å². The molecule has 3 unspecified atom stereocenters. The zero-order chi connectivity index (χ0) is 13.5. The van der Waals surface area contributed by atoms with Gasteiger partial charge >= 0.3 is 0 Å². The Bertz CT molecular complexity index is 352. The summed E-state index contributed by atoms with van der Waals surface area (Å²) in [6, 6.07) is 11.7. The Morgan fingerprint density at radius 2 is 1.95 bits per heavy atom. The van der Waals surface area contributed by atoms with Crippen LogP contribution < -0.4 is 5.32 Å². The van der Waals surface area contributed by atoms with Crippen LogP contribution in [0.3, 0.4) is 0 Å². The van der Waals surface area contributed by atoms with Crippen LogP contribution in [0.1, 0.15) is 50.6 Å². The molecule has 1 N–H and O–H groups in total. The van der Waals surface area contributed by atoms with Gasteiger partial charge in [-0.2, -0.15) is 0 Å². The minimum atomic E-state index is 0.323. The van der Waals surface area contributed by atoms with E-state index in [0.717, 1.165) is 12.5 Å². The van der Waals surface area contributed by atoms with Gasteiger partial charge < -0.3 is 10.1 Å². The highest BCUT2D eigenvalue weighted by atomic mass is 16.5. The maximum absolute atomic E-state index is 5.41. The summed E-state index contributed by atoms with van der Waals surface area (Å²) < 4.78 is 5.41. The highest BCUT2D eigenvalue weighted by Crippen LogP contribution is 2.29. The maximum atomic E-state index is 5.41. The Labute approximate surface area is 117 Å². The monoisotopic (exact) mass is 261 g/mol. The first-order valence-corrected chi connectivity index (χ1v) is 7.65. The third kappa shape index (κ3) is 4.05. The molecule has 0 aromatic heterocycles. The topological polar surface area (TPSA) is 21.3 Å². The largest absolute Gasteiger partial charge is 0.383 e. The van der Waals surface area contributed by atoms with Gasteiger partial charge in [-0.25, -0.2) is 0 Å². The highest BCUT2D eigenvalue weighted by Gasteiger charge is 2.26. The van der Waals surface area contributed by atoms with Crippen molar-refractivity contribution in [1.29, 1.82) is 0 Å². The van der Waals surface area contributed by atoms with Gasteiger partial charge in [0.1, 0.15) is 0 Å². The Morgan fingerprint density at radius 1 is 1.21 bits per heavy atom. The lowest BCUT2D eigenvalue weighted by atomic mass is 9.82. The lowest BCUT2D eigenvalue weighted by molar-refractivity contribution is 0.143. The molecule has 1 fully saturated rings. The molecule has 0 aliphatic heterocycles. The Hall–Kier alpha value is -0.860. The molecule has 1 aromatic carbocycles. The van der Waals surface area contributed by atoms with Gasteiger partial charge in [-0.3, -0.25) is 0 Å². The van der Waals surface area contributed by atoms with Crippen LogP contribution in [0.4, 0.5) is 0 Å². The van der Waals surface area contributed by atoms with Crippen molar-refractivity contribution in [1.82, 2.24) is 5.32 Å². The van der Waals surface area contributed by atoms with Gasteiger partial charge in [-0.1, -0.05) is 56.5 Å². The Balaban J connectivity index is 2.03. The summed E-state index contributed by atoms with van der Waals surface area (Å²) in [5, 5.41) is 3.85. The molecule has 19 heavy (non-hydrogen) atoms. The quantitative estimate of drug-likeness (QED) is 0.837. The van der Waals surface area contributed by atoms with Gasteiger partial charge in [0.2, 0.25) is 0 Å². The van der Waals surface area contributed by atoms with Gasteiger partial charge in [-0.15, -0.1) is 0 Å². The van der Waals surface area contributed by atoms with Crippen molar-refractivity contribution in [2.75, 3.05) is 13.7 Å². The summed E-state index contributed by atoms with van der Waals surface area (Å²) in [4.78, 5) is 0. The standard InChI is InChI=1S/C17H27NO/c1-3-14-9-7-8-12-16(14)18-17(13-19-2)15-10-5-4-6-11-15/h4-6,10-11,14,16-18H,3,7-9,12-13H2,1-2H3. The molecule has 2 heteroatoms. The number of nitrogens with one attached hydrogen (secondary N) is 1. The second-order valence-electron chi connectivity index (χ2n) is 5.64.